The average Bonchev–Trinajstić information content (AvgIpc) is 2.23. The molecule has 92 valence electrons. The van der Waals surface area contributed by atoms with Crippen LogP contribution in [0.2, 0.25) is 0 Å². The number of hydrogen-bond acceptors (Lipinski definition) is 6. The Hall–Kier alpha value is 0.0300. The molecule has 0 spiro atoms. The third-order valence-electron chi connectivity index (χ3n) is 1.53. The lowest BCUT2D eigenvalue weighted by molar-refractivity contribution is 0.0118. The topological polar surface area (TPSA) is 88.0 Å². The van der Waals surface area contributed by atoms with Gasteiger partial charge >= 0.3 is 7.60 Å². The summed E-state index contributed by atoms with van der Waals surface area (Å²) in [6.45, 7) is 4.37. The first kappa shape index (κ1) is 15.0. The Morgan fingerprint density at radius 1 is 1.27 bits per heavy atom. The van der Waals surface area contributed by atoms with Crippen LogP contribution in [-0.2, 0) is 13.6 Å². The fourth-order valence-electron chi connectivity index (χ4n) is 0.856. The highest BCUT2D eigenvalue weighted by Gasteiger charge is 2.27. The van der Waals surface area contributed by atoms with Crippen LogP contribution in [0.25, 0.3) is 0 Å². The molecule has 0 aliphatic rings. The molecule has 0 aliphatic heterocycles. The summed E-state index contributed by atoms with van der Waals surface area (Å²) in [6.07, 6.45) is -0.141. The van der Waals surface area contributed by atoms with Crippen LogP contribution >= 0.6 is 7.60 Å². The van der Waals surface area contributed by atoms with E-state index in [4.69, 9.17) is 19.4 Å². The third-order valence-corrected chi connectivity index (χ3v) is 3.47. The van der Waals surface area contributed by atoms with Gasteiger partial charge in [-0.05, 0) is 12.8 Å². The van der Waals surface area contributed by atoms with E-state index in [1.54, 1.807) is 5.48 Å². The monoisotopic (exact) mass is 241 g/mol. The van der Waals surface area contributed by atoms with E-state index in [0.717, 1.165) is 0 Å². The molecule has 1 unspecified atom stereocenters. The Kier molecular flexibility index (Phi) is 8.23. The van der Waals surface area contributed by atoms with Gasteiger partial charge in [-0.3, -0.25) is 4.57 Å². The first-order chi connectivity index (χ1) is 7.08. The molecule has 6 nitrogen and oxygen atoms in total. The minimum atomic E-state index is -3.30. The lowest BCUT2D eigenvalue weighted by atomic mass is 10.5. The van der Waals surface area contributed by atoms with Gasteiger partial charge in [-0.15, -0.1) is 0 Å². The van der Waals surface area contributed by atoms with Gasteiger partial charge in [0, 0.05) is 0 Å². The lowest BCUT2D eigenvalue weighted by Gasteiger charge is -2.20. The summed E-state index contributed by atoms with van der Waals surface area (Å²) in [7, 11) is -3.30. The first-order valence-corrected chi connectivity index (χ1v) is 6.76. The molecule has 1 atom stereocenters. The smallest absolute Gasteiger partial charge is 0.334 e. The van der Waals surface area contributed by atoms with Crippen LogP contribution in [0, 0.1) is 0 Å². The number of aliphatic hydroxyl groups excluding tert-OH is 1. The fraction of sp³-hybridized carbons (Fsp3) is 1.00. The van der Waals surface area contributed by atoms with Gasteiger partial charge in [-0.1, -0.05) is 13.8 Å². The third kappa shape index (κ3) is 7.00. The van der Waals surface area contributed by atoms with Gasteiger partial charge in [0.15, 0.2) is 0 Å². The van der Waals surface area contributed by atoms with Gasteiger partial charge in [-0.2, -0.15) is 5.48 Å². The quantitative estimate of drug-likeness (QED) is 0.320. The van der Waals surface area contributed by atoms with Crippen molar-refractivity contribution in [1.82, 2.24) is 5.48 Å². The molecule has 0 aromatic carbocycles. The Labute approximate surface area is 90.1 Å². The van der Waals surface area contributed by atoms with E-state index in [1.165, 1.54) is 0 Å². The molecule has 0 bridgehead atoms. The minimum Gasteiger partial charge on any atom is -0.376 e. The molecule has 0 aliphatic carbocycles. The molecule has 0 fully saturated rings. The molecule has 0 saturated carbocycles. The largest absolute Gasteiger partial charge is 0.376 e. The van der Waals surface area contributed by atoms with Gasteiger partial charge in [0.25, 0.3) is 0 Å². The zero-order valence-electron chi connectivity index (χ0n) is 9.18. The van der Waals surface area contributed by atoms with Crippen LogP contribution in [0.1, 0.15) is 26.7 Å². The van der Waals surface area contributed by atoms with Crippen molar-refractivity contribution < 1.29 is 23.9 Å². The van der Waals surface area contributed by atoms with E-state index in [0.29, 0.717) is 26.1 Å². The van der Waals surface area contributed by atoms with Crippen molar-refractivity contribution >= 4 is 7.60 Å². The number of rotatable bonds is 9. The number of nitrogens with one attached hydrogen (secondary N) is 1. The highest BCUT2D eigenvalue weighted by atomic mass is 31.2. The predicted octanol–water partition coefficient (Wildman–Crippen LogP) is 1.33. The highest BCUT2D eigenvalue weighted by Crippen LogP contribution is 2.48. The van der Waals surface area contributed by atoms with Gasteiger partial charge in [0.05, 0.1) is 19.4 Å². The van der Waals surface area contributed by atoms with E-state index in [-0.39, 0.29) is 6.16 Å². The van der Waals surface area contributed by atoms with E-state index in [9.17, 15) is 4.57 Å². The maximum absolute atomic E-state index is 11.9. The van der Waals surface area contributed by atoms with Crippen molar-refractivity contribution in [2.24, 2.45) is 0 Å². The standard InChI is InChI=1S/C8H20NO5P/c1-3-5-13-15(12,14-6-4-2)7-8(10)9-11/h8-11H,3-7H2,1-2H3. The van der Waals surface area contributed by atoms with Crippen molar-refractivity contribution in [3.05, 3.63) is 0 Å². The van der Waals surface area contributed by atoms with Gasteiger partial charge < -0.3 is 19.4 Å². The van der Waals surface area contributed by atoms with Crippen molar-refractivity contribution in [1.29, 1.82) is 0 Å². The molecule has 0 heterocycles. The van der Waals surface area contributed by atoms with Crippen LogP contribution in [-0.4, -0.2) is 35.9 Å². The van der Waals surface area contributed by atoms with E-state index in [2.05, 4.69) is 0 Å². The zero-order valence-corrected chi connectivity index (χ0v) is 10.1. The number of hydroxylamine groups is 1. The summed E-state index contributed by atoms with van der Waals surface area (Å²) >= 11 is 0. The first-order valence-electron chi connectivity index (χ1n) is 5.03. The average molecular weight is 241 g/mol. The molecule has 0 rings (SSSR count). The van der Waals surface area contributed by atoms with E-state index >= 15 is 0 Å². The molecule has 0 aromatic heterocycles. The second-order valence-electron chi connectivity index (χ2n) is 3.10. The maximum atomic E-state index is 11.9. The van der Waals surface area contributed by atoms with Crippen molar-refractivity contribution in [2.45, 2.75) is 32.9 Å². The Morgan fingerprint density at radius 3 is 2.07 bits per heavy atom. The number of aliphatic hydroxyl groups is 1. The molecule has 0 amide bonds. The van der Waals surface area contributed by atoms with Crippen molar-refractivity contribution in [2.75, 3.05) is 19.4 Å². The van der Waals surface area contributed by atoms with Gasteiger partial charge in [0.1, 0.15) is 6.23 Å². The normalized spacial score (nSPS) is 14.1. The van der Waals surface area contributed by atoms with E-state index < -0.39 is 13.8 Å². The van der Waals surface area contributed by atoms with Crippen LogP contribution in [0.15, 0.2) is 0 Å². The molecule has 0 aromatic rings. The molecule has 3 N–H and O–H groups in total. The molecule has 15 heavy (non-hydrogen) atoms. The second kappa shape index (κ2) is 8.21. The van der Waals surface area contributed by atoms with Crippen LogP contribution in [0.3, 0.4) is 0 Å². The summed E-state index contributed by atoms with van der Waals surface area (Å²) < 4.78 is 22.1. The SMILES string of the molecule is CCCOP(=O)(CC(O)NO)OCCC. The summed E-state index contributed by atoms with van der Waals surface area (Å²) in [6, 6.07) is 0. The lowest BCUT2D eigenvalue weighted by Crippen LogP contribution is -2.29. The Bertz CT molecular complexity index is 189. The zero-order chi connectivity index (χ0) is 11.7. The Morgan fingerprint density at radius 2 is 1.73 bits per heavy atom. The molecule has 7 heteroatoms. The molecule has 0 saturated heterocycles. The fourth-order valence-corrected chi connectivity index (χ4v) is 2.57. The van der Waals surface area contributed by atoms with Gasteiger partial charge in [-0.25, -0.2) is 0 Å². The number of hydrogen-bond donors (Lipinski definition) is 3. The summed E-state index contributed by atoms with van der Waals surface area (Å²) in [5, 5.41) is 17.5. The van der Waals surface area contributed by atoms with Crippen LogP contribution < -0.4 is 5.48 Å². The van der Waals surface area contributed by atoms with Gasteiger partial charge in [0.2, 0.25) is 0 Å². The van der Waals surface area contributed by atoms with Crippen molar-refractivity contribution in [3.8, 4) is 0 Å². The maximum Gasteiger partial charge on any atom is 0.334 e. The summed E-state index contributed by atoms with van der Waals surface area (Å²) in [5.74, 6) is 0. The summed E-state index contributed by atoms with van der Waals surface area (Å²) in [5.41, 5.74) is 1.60. The minimum absolute atomic E-state index is 0.260. The van der Waals surface area contributed by atoms with Crippen LogP contribution in [0.4, 0.5) is 0 Å². The van der Waals surface area contributed by atoms with E-state index in [1.807, 2.05) is 13.8 Å². The molecule has 0 radical (unpaired) electrons. The molecular formula is C8H20NO5P. The van der Waals surface area contributed by atoms with Crippen LogP contribution in [0.5, 0.6) is 0 Å². The highest BCUT2D eigenvalue weighted by molar-refractivity contribution is 7.53. The predicted molar refractivity (Wildman–Crippen MR) is 55.9 cm³/mol. The van der Waals surface area contributed by atoms with Crippen molar-refractivity contribution in [3.63, 3.8) is 0 Å². The Balaban J connectivity index is 4.19. The summed E-state index contributed by atoms with van der Waals surface area (Å²) in [4.78, 5) is 0. The molecular weight excluding hydrogens is 221 g/mol. The second-order valence-corrected chi connectivity index (χ2v) is 5.21.